The third-order valence-corrected chi connectivity index (χ3v) is 7.05. The Balaban J connectivity index is 1.80. The first-order valence-electron chi connectivity index (χ1n) is 9.64. The molecule has 0 spiro atoms. The van der Waals surface area contributed by atoms with Crippen LogP contribution in [0.3, 0.4) is 0 Å². The van der Waals surface area contributed by atoms with Crippen LogP contribution in [-0.4, -0.2) is 21.0 Å². The van der Waals surface area contributed by atoms with Gasteiger partial charge >= 0.3 is 6.18 Å². The van der Waals surface area contributed by atoms with E-state index in [0.717, 1.165) is 57.1 Å². The van der Waals surface area contributed by atoms with Crippen molar-refractivity contribution in [3.05, 3.63) is 23.8 Å². The Morgan fingerprint density at radius 3 is 2.37 bits per heavy atom. The van der Waals surface area contributed by atoms with E-state index in [1.807, 2.05) is 6.92 Å². The molecule has 2 fully saturated rings. The van der Waals surface area contributed by atoms with E-state index >= 15 is 0 Å². The summed E-state index contributed by atoms with van der Waals surface area (Å²) in [5.74, 6) is 0.596. The molecule has 0 amide bonds. The monoisotopic (exact) mass is 404 g/mol. The van der Waals surface area contributed by atoms with Crippen LogP contribution in [0.1, 0.15) is 57.4 Å². The third-order valence-electron chi connectivity index (χ3n) is 5.57. The van der Waals surface area contributed by atoms with Gasteiger partial charge in [0, 0.05) is 18.3 Å². The molecule has 2 aliphatic carbocycles. The largest absolute Gasteiger partial charge is 0.417 e. The van der Waals surface area contributed by atoms with Gasteiger partial charge in [-0.15, -0.1) is 0 Å². The van der Waals surface area contributed by atoms with Gasteiger partial charge in [-0.2, -0.15) is 13.2 Å². The average molecular weight is 404 g/mol. The fourth-order valence-electron chi connectivity index (χ4n) is 3.71. The third kappa shape index (κ3) is 5.38. The molecule has 0 aromatic heterocycles. The fourth-order valence-corrected chi connectivity index (χ4v) is 5.06. The highest BCUT2D eigenvalue weighted by Gasteiger charge is 2.38. The Labute approximate surface area is 159 Å². The van der Waals surface area contributed by atoms with Crippen molar-refractivity contribution in [2.45, 2.75) is 69.0 Å². The predicted molar refractivity (Wildman–Crippen MR) is 99.0 cm³/mol. The highest BCUT2D eigenvalue weighted by molar-refractivity contribution is 7.89. The fraction of sp³-hybridized carbons (Fsp3) is 0.684. The summed E-state index contributed by atoms with van der Waals surface area (Å²) in [7, 11) is -4.22. The standard InChI is InChI=1S/C19H27F3N2O2S/c1-13(14-7-8-14)12-23-27(25,26)18-10-9-16(11-17(18)19(20,21)22)24-15-5-3-2-4-6-15/h9-11,13-15,23-24H,2-8,12H2,1H3. The van der Waals surface area contributed by atoms with E-state index < -0.39 is 26.7 Å². The molecule has 27 heavy (non-hydrogen) atoms. The summed E-state index contributed by atoms with van der Waals surface area (Å²) in [4.78, 5) is -0.702. The van der Waals surface area contributed by atoms with Crippen LogP contribution < -0.4 is 10.0 Å². The first-order chi connectivity index (χ1) is 12.7. The van der Waals surface area contributed by atoms with Crippen molar-refractivity contribution in [3.63, 3.8) is 0 Å². The van der Waals surface area contributed by atoms with Crippen molar-refractivity contribution in [2.24, 2.45) is 11.8 Å². The van der Waals surface area contributed by atoms with Crippen molar-refractivity contribution >= 4 is 15.7 Å². The number of rotatable bonds is 7. The molecule has 0 aliphatic heterocycles. The van der Waals surface area contributed by atoms with Gasteiger partial charge in [0.1, 0.15) is 0 Å². The van der Waals surface area contributed by atoms with Crippen molar-refractivity contribution < 1.29 is 21.6 Å². The quantitative estimate of drug-likeness (QED) is 0.688. The number of alkyl halides is 3. The number of sulfonamides is 1. The van der Waals surface area contributed by atoms with Crippen LogP contribution in [0.15, 0.2) is 23.1 Å². The Morgan fingerprint density at radius 1 is 1.11 bits per heavy atom. The van der Waals surface area contributed by atoms with Crippen LogP contribution in [0.25, 0.3) is 0 Å². The molecule has 2 saturated carbocycles. The van der Waals surface area contributed by atoms with Crippen LogP contribution in [0.5, 0.6) is 0 Å². The second-order valence-corrected chi connectivity index (χ2v) is 9.59. The molecule has 0 saturated heterocycles. The zero-order valence-corrected chi connectivity index (χ0v) is 16.3. The zero-order chi connectivity index (χ0) is 19.7. The van der Waals surface area contributed by atoms with Crippen LogP contribution >= 0.6 is 0 Å². The van der Waals surface area contributed by atoms with E-state index in [4.69, 9.17) is 0 Å². The van der Waals surface area contributed by atoms with Gasteiger partial charge in [0.25, 0.3) is 0 Å². The van der Waals surface area contributed by atoms with Crippen molar-refractivity contribution in [3.8, 4) is 0 Å². The number of hydrogen-bond acceptors (Lipinski definition) is 3. The Bertz CT molecular complexity index is 755. The van der Waals surface area contributed by atoms with Gasteiger partial charge in [0.15, 0.2) is 0 Å². The summed E-state index contributed by atoms with van der Waals surface area (Å²) in [6.07, 6.45) is 2.46. The van der Waals surface area contributed by atoms with E-state index in [0.29, 0.717) is 11.6 Å². The molecule has 2 N–H and O–H groups in total. The molecule has 0 radical (unpaired) electrons. The van der Waals surface area contributed by atoms with Crippen LogP contribution in [-0.2, 0) is 16.2 Å². The van der Waals surface area contributed by atoms with E-state index in [2.05, 4.69) is 10.0 Å². The minimum Gasteiger partial charge on any atom is -0.382 e. The summed E-state index contributed by atoms with van der Waals surface area (Å²) in [6.45, 7) is 2.08. The lowest BCUT2D eigenvalue weighted by molar-refractivity contribution is -0.139. The summed E-state index contributed by atoms with van der Waals surface area (Å²) in [6, 6.07) is 3.56. The molecule has 1 atom stereocenters. The molecule has 0 bridgehead atoms. The average Bonchev–Trinajstić information content (AvgIpc) is 3.45. The summed E-state index contributed by atoms with van der Waals surface area (Å²) < 4.78 is 68.1. The Morgan fingerprint density at radius 2 is 1.78 bits per heavy atom. The van der Waals surface area contributed by atoms with Gasteiger partial charge in [-0.3, -0.25) is 0 Å². The lowest BCUT2D eigenvalue weighted by atomic mass is 9.95. The van der Waals surface area contributed by atoms with Gasteiger partial charge in [-0.1, -0.05) is 26.2 Å². The maximum Gasteiger partial charge on any atom is 0.417 e. The van der Waals surface area contributed by atoms with Crippen LogP contribution in [0, 0.1) is 11.8 Å². The Kier molecular flexibility index (Phi) is 6.05. The second-order valence-electron chi connectivity index (χ2n) is 7.85. The summed E-state index contributed by atoms with van der Waals surface area (Å²) in [5, 5.41) is 3.13. The second kappa shape index (κ2) is 7.99. The lowest BCUT2D eigenvalue weighted by Crippen LogP contribution is -2.31. The molecule has 1 aromatic carbocycles. The normalized spacial score (nSPS) is 20.4. The molecule has 152 valence electrons. The molecule has 4 nitrogen and oxygen atoms in total. The van der Waals surface area contributed by atoms with E-state index in [1.54, 1.807) is 0 Å². The highest BCUT2D eigenvalue weighted by Crippen LogP contribution is 2.38. The topological polar surface area (TPSA) is 58.2 Å². The summed E-state index contributed by atoms with van der Waals surface area (Å²) >= 11 is 0. The van der Waals surface area contributed by atoms with E-state index in [1.165, 1.54) is 6.07 Å². The van der Waals surface area contributed by atoms with Crippen LogP contribution in [0.4, 0.5) is 18.9 Å². The number of benzene rings is 1. The SMILES string of the molecule is CC(CNS(=O)(=O)c1ccc(NC2CCCCC2)cc1C(F)(F)F)C1CC1. The number of hydrogen-bond donors (Lipinski definition) is 2. The molecular weight excluding hydrogens is 377 g/mol. The maximum absolute atomic E-state index is 13.6. The van der Waals surface area contributed by atoms with E-state index in [-0.39, 0.29) is 18.5 Å². The lowest BCUT2D eigenvalue weighted by Gasteiger charge is -2.25. The Hall–Kier alpha value is -1.28. The predicted octanol–water partition coefficient (Wildman–Crippen LogP) is 4.77. The van der Waals surface area contributed by atoms with E-state index in [9.17, 15) is 21.6 Å². The van der Waals surface area contributed by atoms with Gasteiger partial charge in [0.05, 0.1) is 10.5 Å². The van der Waals surface area contributed by atoms with Gasteiger partial charge < -0.3 is 5.32 Å². The molecule has 2 aliphatic rings. The molecular formula is C19H27F3N2O2S. The van der Waals surface area contributed by atoms with Gasteiger partial charge in [-0.25, -0.2) is 13.1 Å². The van der Waals surface area contributed by atoms with Gasteiger partial charge in [-0.05, 0) is 55.7 Å². The minimum absolute atomic E-state index is 0.126. The van der Waals surface area contributed by atoms with Crippen molar-refractivity contribution in [2.75, 3.05) is 11.9 Å². The number of halogens is 3. The smallest absolute Gasteiger partial charge is 0.382 e. The minimum atomic E-state index is -4.74. The first-order valence-corrected chi connectivity index (χ1v) is 11.1. The maximum atomic E-state index is 13.6. The van der Waals surface area contributed by atoms with Crippen molar-refractivity contribution in [1.82, 2.24) is 4.72 Å². The van der Waals surface area contributed by atoms with Gasteiger partial charge in [0.2, 0.25) is 10.0 Å². The first kappa shape index (κ1) is 20.5. The molecule has 1 unspecified atom stereocenters. The summed E-state index contributed by atoms with van der Waals surface area (Å²) in [5.41, 5.74) is -0.797. The number of anilines is 1. The molecule has 1 aromatic rings. The highest BCUT2D eigenvalue weighted by atomic mass is 32.2. The molecule has 8 heteroatoms. The number of nitrogens with one attached hydrogen (secondary N) is 2. The molecule has 0 heterocycles. The molecule has 3 rings (SSSR count). The van der Waals surface area contributed by atoms with Crippen LogP contribution in [0.2, 0.25) is 0 Å². The van der Waals surface area contributed by atoms with Crippen molar-refractivity contribution in [1.29, 1.82) is 0 Å². The zero-order valence-electron chi connectivity index (χ0n) is 15.5.